The van der Waals surface area contributed by atoms with Crippen LogP contribution in [0.2, 0.25) is 0 Å². The molecule has 1 nitrogen and oxygen atoms in total. The largest absolute Gasteiger partial charge is 0.253 e. The SMILES string of the molecule is Fc1ccc(/C=N/c2ccccc2F)cc1F. The van der Waals surface area contributed by atoms with Gasteiger partial charge < -0.3 is 0 Å². The second-order valence-electron chi connectivity index (χ2n) is 3.38. The molecule has 2 aromatic carbocycles. The van der Waals surface area contributed by atoms with E-state index in [9.17, 15) is 13.2 Å². The van der Waals surface area contributed by atoms with Gasteiger partial charge in [-0.1, -0.05) is 18.2 Å². The highest BCUT2D eigenvalue weighted by Gasteiger charge is 2.01. The van der Waals surface area contributed by atoms with Gasteiger partial charge in [0.25, 0.3) is 0 Å². The number of hydrogen-bond acceptors (Lipinski definition) is 1. The Balaban J connectivity index is 2.26. The van der Waals surface area contributed by atoms with Gasteiger partial charge in [-0.15, -0.1) is 0 Å². The zero-order valence-electron chi connectivity index (χ0n) is 8.70. The van der Waals surface area contributed by atoms with Crippen molar-refractivity contribution in [2.24, 2.45) is 4.99 Å². The number of nitrogens with zero attached hydrogens (tertiary/aromatic N) is 1. The molecule has 0 saturated carbocycles. The molecule has 0 N–H and O–H groups in total. The molecule has 0 aromatic heterocycles. The molecule has 2 rings (SSSR count). The number of hydrogen-bond donors (Lipinski definition) is 0. The van der Waals surface area contributed by atoms with E-state index in [1.165, 1.54) is 24.4 Å². The van der Waals surface area contributed by atoms with Gasteiger partial charge in [-0.3, -0.25) is 4.99 Å². The topological polar surface area (TPSA) is 12.4 Å². The molecule has 2 aromatic rings. The number of benzene rings is 2. The van der Waals surface area contributed by atoms with Gasteiger partial charge in [0.2, 0.25) is 0 Å². The third kappa shape index (κ3) is 2.72. The van der Waals surface area contributed by atoms with Crippen LogP contribution in [0.5, 0.6) is 0 Å². The van der Waals surface area contributed by atoms with Crippen LogP contribution in [0.3, 0.4) is 0 Å². The Morgan fingerprint density at radius 2 is 1.59 bits per heavy atom. The van der Waals surface area contributed by atoms with Gasteiger partial charge in [-0.25, -0.2) is 13.2 Å². The molecule has 0 fully saturated rings. The molecule has 0 unspecified atom stereocenters. The fourth-order valence-corrected chi connectivity index (χ4v) is 1.29. The van der Waals surface area contributed by atoms with Gasteiger partial charge in [-0.2, -0.15) is 0 Å². The van der Waals surface area contributed by atoms with E-state index < -0.39 is 17.5 Å². The van der Waals surface area contributed by atoms with E-state index in [0.717, 1.165) is 12.1 Å². The van der Waals surface area contributed by atoms with Crippen molar-refractivity contribution in [2.45, 2.75) is 0 Å². The third-order valence-electron chi connectivity index (χ3n) is 2.15. The minimum Gasteiger partial charge on any atom is -0.253 e. The summed E-state index contributed by atoms with van der Waals surface area (Å²) in [6, 6.07) is 9.32. The van der Waals surface area contributed by atoms with Crippen molar-refractivity contribution in [2.75, 3.05) is 0 Å². The first-order chi connectivity index (χ1) is 8.16. The van der Waals surface area contributed by atoms with Crippen LogP contribution in [0, 0.1) is 17.5 Å². The highest BCUT2D eigenvalue weighted by atomic mass is 19.2. The standard InChI is InChI=1S/C13H8F3N/c14-10-6-5-9(7-12(10)16)8-17-13-4-2-1-3-11(13)15/h1-8H/b17-8+. The fourth-order valence-electron chi connectivity index (χ4n) is 1.29. The van der Waals surface area contributed by atoms with Crippen LogP contribution in [-0.4, -0.2) is 6.21 Å². The Bertz CT molecular complexity index is 564. The van der Waals surface area contributed by atoms with Crippen LogP contribution in [0.4, 0.5) is 18.9 Å². The average molecular weight is 235 g/mol. The Morgan fingerprint density at radius 1 is 0.824 bits per heavy atom. The third-order valence-corrected chi connectivity index (χ3v) is 2.15. The molecule has 0 aliphatic carbocycles. The molecule has 0 amide bonds. The number of para-hydroxylation sites is 1. The lowest BCUT2D eigenvalue weighted by Crippen LogP contribution is -1.87. The minimum absolute atomic E-state index is 0.150. The summed E-state index contributed by atoms with van der Waals surface area (Å²) in [4.78, 5) is 3.86. The second kappa shape index (κ2) is 4.82. The number of halogens is 3. The molecular formula is C13H8F3N. The molecule has 0 atom stereocenters. The van der Waals surface area contributed by atoms with Crippen LogP contribution < -0.4 is 0 Å². The Hall–Kier alpha value is -2.10. The van der Waals surface area contributed by atoms with Gasteiger partial charge in [0, 0.05) is 6.21 Å². The van der Waals surface area contributed by atoms with Gasteiger partial charge in [-0.05, 0) is 29.8 Å². The van der Waals surface area contributed by atoms with E-state index in [4.69, 9.17) is 0 Å². The van der Waals surface area contributed by atoms with Crippen molar-refractivity contribution in [1.29, 1.82) is 0 Å². The van der Waals surface area contributed by atoms with Gasteiger partial charge >= 0.3 is 0 Å². The molecule has 0 radical (unpaired) electrons. The zero-order chi connectivity index (χ0) is 12.3. The molecule has 0 aliphatic rings. The van der Waals surface area contributed by atoms with Gasteiger partial charge in [0.15, 0.2) is 11.6 Å². The first-order valence-electron chi connectivity index (χ1n) is 4.90. The van der Waals surface area contributed by atoms with Crippen molar-refractivity contribution in [3.05, 3.63) is 65.5 Å². The van der Waals surface area contributed by atoms with E-state index in [-0.39, 0.29) is 5.69 Å². The second-order valence-corrected chi connectivity index (χ2v) is 3.38. The molecular weight excluding hydrogens is 227 g/mol. The minimum atomic E-state index is -0.956. The average Bonchev–Trinajstić information content (AvgIpc) is 2.32. The van der Waals surface area contributed by atoms with Crippen molar-refractivity contribution in [3.8, 4) is 0 Å². The van der Waals surface area contributed by atoms with E-state index in [0.29, 0.717) is 5.56 Å². The monoisotopic (exact) mass is 235 g/mol. The smallest absolute Gasteiger partial charge is 0.159 e. The lowest BCUT2D eigenvalue weighted by atomic mass is 10.2. The summed E-state index contributed by atoms with van der Waals surface area (Å²) < 4.78 is 38.7. The number of rotatable bonds is 2. The zero-order valence-corrected chi connectivity index (χ0v) is 8.70. The first kappa shape index (κ1) is 11.4. The lowest BCUT2D eigenvalue weighted by Gasteiger charge is -1.97. The van der Waals surface area contributed by atoms with Crippen LogP contribution in [0.25, 0.3) is 0 Å². The summed E-state index contributed by atoms with van der Waals surface area (Å²) in [6.45, 7) is 0. The number of aliphatic imine (C=N–C) groups is 1. The van der Waals surface area contributed by atoms with Crippen molar-refractivity contribution < 1.29 is 13.2 Å². The quantitative estimate of drug-likeness (QED) is 0.701. The van der Waals surface area contributed by atoms with Gasteiger partial charge in [0.05, 0.1) is 5.69 Å². The van der Waals surface area contributed by atoms with Crippen molar-refractivity contribution in [3.63, 3.8) is 0 Å². The van der Waals surface area contributed by atoms with Crippen LogP contribution >= 0.6 is 0 Å². The maximum absolute atomic E-state index is 13.2. The molecule has 0 spiro atoms. The predicted molar refractivity (Wildman–Crippen MR) is 60.0 cm³/mol. The van der Waals surface area contributed by atoms with E-state index in [1.807, 2.05) is 0 Å². The van der Waals surface area contributed by atoms with Crippen LogP contribution in [0.15, 0.2) is 47.5 Å². The van der Waals surface area contributed by atoms with E-state index >= 15 is 0 Å². The summed E-state index contributed by atoms with van der Waals surface area (Å²) in [5, 5.41) is 0. The van der Waals surface area contributed by atoms with Crippen LogP contribution in [0.1, 0.15) is 5.56 Å². The summed E-state index contributed by atoms with van der Waals surface area (Å²) in [5.41, 5.74) is 0.518. The first-order valence-corrected chi connectivity index (χ1v) is 4.90. The summed E-state index contributed by atoms with van der Waals surface area (Å²) in [7, 11) is 0. The maximum Gasteiger partial charge on any atom is 0.159 e. The summed E-state index contributed by atoms with van der Waals surface area (Å²) in [6.07, 6.45) is 1.28. The van der Waals surface area contributed by atoms with E-state index in [2.05, 4.69) is 4.99 Å². The summed E-state index contributed by atoms with van der Waals surface area (Å²) in [5.74, 6) is -2.35. The predicted octanol–water partition coefficient (Wildman–Crippen LogP) is 3.85. The maximum atomic E-state index is 13.2. The molecule has 4 heteroatoms. The molecule has 86 valence electrons. The van der Waals surface area contributed by atoms with E-state index in [1.54, 1.807) is 12.1 Å². The molecule has 0 bridgehead atoms. The molecule has 0 saturated heterocycles. The Kier molecular flexibility index (Phi) is 3.23. The lowest BCUT2D eigenvalue weighted by molar-refractivity contribution is 0.508. The van der Waals surface area contributed by atoms with Gasteiger partial charge in [0.1, 0.15) is 5.82 Å². The normalized spacial score (nSPS) is 11.0. The van der Waals surface area contributed by atoms with Crippen molar-refractivity contribution >= 4 is 11.9 Å². The molecule has 0 heterocycles. The fraction of sp³-hybridized carbons (Fsp3) is 0. The molecule has 17 heavy (non-hydrogen) atoms. The highest BCUT2D eigenvalue weighted by molar-refractivity contribution is 5.81. The Labute approximate surface area is 96.2 Å². The van der Waals surface area contributed by atoms with Crippen molar-refractivity contribution in [1.82, 2.24) is 0 Å². The van der Waals surface area contributed by atoms with Crippen LogP contribution in [-0.2, 0) is 0 Å². The highest BCUT2D eigenvalue weighted by Crippen LogP contribution is 2.16. The Morgan fingerprint density at radius 3 is 2.29 bits per heavy atom. The molecule has 0 aliphatic heterocycles. The summed E-state index contributed by atoms with van der Waals surface area (Å²) >= 11 is 0.